The molecule has 1 aliphatic rings. The van der Waals surface area contributed by atoms with Crippen molar-refractivity contribution in [3.8, 4) is 0 Å². The molecule has 0 aromatic carbocycles. The molecule has 0 amide bonds. The first-order chi connectivity index (χ1) is 10.2. The quantitative estimate of drug-likeness (QED) is 0.923. The predicted molar refractivity (Wildman–Crippen MR) is 83.4 cm³/mol. The zero-order chi connectivity index (χ0) is 14.7. The topological polar surface area (TPSA) is 54.0 Å². The third kappa shape index (κ3) is 3.70. The van der Waals surface area contributed by atoms with Gasteiger partial charge in [0.05, 0.1) is 18.0 Å². The molecule has 2 aromatic rings. The van der Waals surface area contributed by atoms with Crippen molar-refractivity contribution in [1.29, 1.82) is 0 Å². The fraction of sp³-hybridized carbons (Fsp3) is 0.600. The lowest BCUT2D eigenvalue weighted by molar-refractivity contribution is 0.182. The second-order valence-corrected chi connectivity index (χ2v) is 6.66. The van der Waals surface area contributed by atoms with E-state index in [0.717, 1.165) is 36.0 Å². The van der Waals surface area contributed by atoms with E-state index in [1.165, 1.54) is 18.5 Å². The number of aryl methyl sites for hydroxylation is 1. The molecule has 0 spiro atoms. The highest BCUT2D eigenvalue weighted by Gasteiger charge is 2.23. The van der Waals surface area contributed by atoms with E-state index in [1.807, 2.05) is 0 Å². The number of aromatic nitrogens is 3. The largest absolute Gasteiger partial charge is 0.378 e. The highest BCUT2D eigenvalue weighted by atomic mass is 32.1. The summed E-state index contributed by atoms with van der Waals surface area (Å²) in [5, 5.41) is 10.7. The molecular formula is C15H22N4OS. The standard InChI is InChI=1S/C15H22N4OS/c1-11-6-14(18-17-11)12-4-3-5-19(7-12)8-13-10-21-15(16-13)9-20-2/h6,10,12H,3-5,7-9H2,1-2H3,(H,17,18)/t12-/m1/s1. The van der Waals surface area contributed by atoms with Crippen LogP contribution < -0.4 is 0 Å². The van der Waals surface area contributed by atoms with E-state index >= 15 is 0 Å². The molecule has 0 radical (unpaired) electrons. The van der Waals surface area contributed by atoms with Crippen molar-refractivity contribution < 1.29 is 4.74 Å². The molecule has 0 bridgehead atoms. The Labute approximate surface area is 129 Å². The van der Waals surface area contributed by atoms with Crippen molar-refractivity contribution in [2.75, 3.05) is 20.2 Å². The van der Waals surface area contributed by atoms with Crippen LogP contribution in [0.3, 0.4) is 0 Å². The summed E-state index contributed by atoms with van der Waals surface area (Å²) in [6.07, 6.45) is 2.46. The summed E-state index contributed by atoms with van der Waals surface area (Å²) in [6.45, 7) is 5.82. The zero-order valence-electron chi connectivity index (χ0n) is 12.6. The summed E-state index contributed by atoms with van der Waals surface area (Å²) >= 11 is 1.68. The Morgan fingerprint density at radius 1 is 1.52 bits per heavy atom. The third-order valence-electron chi connectivity index (χ3n) is 3.90. The molecule has 1 fully saturated rings. The van der Waals surface area contributed by atoms with E-state index in [-0.39, 0.29) is 0 Å². The molecule has 1 aliphatic heterocycles. The summed E-state index contributed by atoms with van der Waals surface area (Å²) in [5.74, 6) is 0.542. The Bertz CT molecular complexity index is 580. The Morgan fingerprint density at radius 3 is 3.19 bits per heavy atom. The van der Waals surface area contributed by atoms with Crippen LogP contribution in [-0.4, -0.2) is 40.3 Å². The van der Waals surface area contributed by atoms with Crippen molar-refractivity contribution in [2.45, 2.75) is 38.8 Å². The molecule has 21 heavy (non-hydrogen) atoms. The van der Waals surface area contributed by atoms with Gasteiger partial charge in [0.15, 0.2) is 0 Å². The molecule has 5 nitrogen and oxygen atoms in total. The summed E-state index contributed by atoms with van der Waals surface area (Å²) in [7, 11) is 1.71. The lowest BCUT2D eigenvalue weighted by Gasteiger charge is -2.31. The maximum absolute atomic E-state index is 5.13. The normalized spacial score (nSPS) is 20.0. The van der Waals surface area contributed by atoms with Gasteiger partial charge in [-0.3, -0.25) is 10.00 Å². The first-order valence-corrected chi connectivity index (χ1v) is 8.29. The molecular weight excluding hydrogens is 284 g/mol. The van der Waals surface area contributed by atoms with Gasteiger partial charge in [0.1, 0.15) is 5.01 Å². The Morgan fingerprint density at radius 2 is 2.43 bits per heavy atom. The lowest BCUT2D eigenvalue weighted by atomic mass is 9.94. The van der Waals surface area contributed by atoms with Crippen molar-refractivity contribution in [3.63, 3.8) is 0 Å². The number of hydrogen-bond acceptors (Lipinski definition) is 5. The number of aromatic amines is 1. The van der Waals surface area contributed by atoms with Gasteiger partial charge in [-0.1, -0.05) is 0 Å². The van der Waals surface area contributed by atoms with Crippen molar-refractivity contribution in [1.82, 2.24) is 20.1 Å². The van der Waals surface area contributed by atoms with E-state index < -0.39 is 0 Å². The number of rotatable bonds is 5. The van der Waals surface area contributed by atoms with Gasteiger partial charge in [-0.2, -0.15) is 5.10 Å². The van der Waals surface area contributed by atoms with Gasteiger partial charge in [0.2, 0.25) is 0 Å². The first kappa shape index (κ1) is 14.7. The average Bonchev–Trinajstić information content (AvgIpc) is 3.09. The smallest absolute Gasteiger partial charge is 0.119 e. The number of ether oxygens (including phenoxy) is 1. The molecule has 1 atom stereocenters. The van der Waals surface area contributed by atoms with Crippen LogP contribution in [0.4, 0.5) is 0 Å². The molecule has 1 N–H and O–H groups in total. The number of likely N-dealkylation sites (tertiary alicyclic amines) is 1. The molecule has 0 unspecified atom stereocenters. The van der Waals surface area contributed by atoms with E-state index in [4.69, 9.17) is 4.74 Å². The maximum Gasteiger partial charge on any atom is 0.119 e. The first-order valence-electron chi connectivity index (χ1n) is 7.41. The van der Waals surface area contributed by atoms with Crippen molar-refractivity contribution in [2.24, 2.45) is 0 Å². The van der Waals surface area contributed by atoms with Crippen LogP contribution in [0.2, 0.25) is 0 Å². The van der Waals surface area contributed by atoms with Crippen molar-refractivity contribution in [3.05, 3.63) is 33.5 Å². The van der Waals surface area contributed by atoms with E-state index in [2.05, 4.69) is 38.5 Å². The average molecular weight is 306 g/mol. The highest BCUT2D eigenvalue weighted by molar-refractivity contribution is 7.09. The lowest BCUT2D eigenvalue weighted by Crippen LogP contribution is -2.34. The minimum Gasteiger partial charge on any atom is -0.378 e. The fourth-order valence-electron chi connectivity index (χ4n) is 2.93. The fourth-order valence-corrected chi connectivity index (χ4v) is 3.68. The van der Waals surface area contributed by atoms with Gasteiger partial charge in [-0.25, -0.2) is 4.98 Å². The van der Waals surface area contributed by atoms with Crippen LogP contribution in [-0.2, 0) is 17.9 Å². The SMILES string of the molecule is COCc1nc(CN2CCC[C@@H](c3cc(C)[nH]n3)C2)cs1. The number of hydrogen-bond donors (Lipinski definition) is 1. The zero-order valence-corrected chi connectivity index (χ0v) is 13.4. The minimum absolute atomic E-state index is 0.542. The summed E-state index contributed by atoms with van der Waals surface area (Å²) in [4.78, 5) is 7.12. The second-order valence-electron chi connectivity index (χ2n) is 5.72. The molecule has 0 saturated carbocycles. The van der Waals surface area contributed by atoms with Gasteiger partial charge in [-0.05, 0) is 32.4 Å². The molecule has 1 saturated heterocycles. The number of nitrogens with one attached hydrogen (secondary N) is 1. The van der Waals surface area contributed by atoms with Crippen LogP contribution in [0.25, 0.3) is 0 Å². The predicted octanol–water partition coefficient (Wildman–Crippen LogP) is 2.70. The van der Waals surface area contributed by atoms with Crippen LogP contribution >= 0.6 is 11.3 Å². The second kappa shape index (κ2) is 6.68. The maximum atomic E-state index is 5.13. The van der Waals surface area contributed by atoms with Crippen LogP contribution in [0, 0.1) is 6.92 Å². The van der Waals surface area contributed by atoms with Gasteiger partial charge in [0, 0.05) is 37.2 Å². The van der Waals surface area contributed by atoms with Crippen LogP contribution in [0.5, 0.6) is 0 Å². The van der Waals surface area contributed by atoms with Gasteiger partial charge >= 0.3 is 0 Å². The number of methoxy groups -OCH3 is 1. The van der Waals surface area contributed by atoms with Crippen LogP contribution in [0.1, 0.15) is 40.8 Å². The van der Waals surface area contributed by atoms with Gasteiger partial charge in [-0.15, -0.1) is 11.3 Å². The summed E-state index contributed by atoms with van der Waals surface area (Å²) in [6, 6.07) is 2.17. The summed E-state index contributed by atoms with van der Waals surface area (Å²) in [5.41, 5.74) is 3.51. The highest BCUT2D eigenvalue weighted by Crippen LogP contribution is 2.27. The molecule has 3 heterocycles. The van der Waals surface area contributed by atoms with Gasteiger partial charge in [0.25, 0.3) is 0 Å². The van der Waals surface area contributed by atoms with E-state index in [0.29, 0.717) is 12.5 Å². The molecule has 0 aliphatic carbocycles. The minimum atomic E-state index is 0.542. The Balaban J connectivity index is 1.60. The number of H-pyrrole nitrogens is 1. The Hall–Kier alpha value is -1.24. The third-order valence-corrected chi connectivity index (χ3v) is 4.77. The number of nitrogens with zero attached hydrogens (tertiary/aromatic N) is 3. The molecule has 6 heteroatoms. The van der Waals surface area contributed by atoms with Crippen LogP contribution in [0.15, 0.2) is 11.4 Å². The van der Waals surface area contributed by atoms with E-state index in [1.54, 1.807) is 18.4 Å². The summed E-state index contributed by atoms with van der Waals surface area (Å²) < 4.78 is 5.13. The van der Waals surface area contributed by atoms with Crippen molar-refractivity contribution >= 4 is 11.3 Å². The molecule has 2 aromatic heterocycles. The van der Waals surface area contributed by atoms with Gasteiger partial charge < -0.3 is 4.74 Å². The molecule has 3 rings (SSSR count). The monoisotopic (exact) mass is 306 g/mol. The number of piperidine rings is 1. The number of thiazole rings is 1. The Kier molecular flexibility index (Phi) is 4.67. The molecule has 114 valence electrons. The van der Waals surface area contributed by atoms with E-state index in [9.17, 15) is 0 Å².